The molecule has 0 radical (unpaired) electrons. The molecule has 1 aromatic carbocycles. The zero-order chi connectivity index (χ0) is 18.4. The number of anilines is 1. The standard InChI is InChI=1S/C18H21NO7/c20-7-13-16(22)17(23)15(18(24)26-13)19-9-3-4-10-11(8-1-2-8)6-14(21)25-12(10)5-9/h3-6,8,13,15-20,22-24H,1-2,7H2/t13?,15?,16-,17-,18?/m0/s1. The maximum absolute atomic E-state index is 11.8. The van der Waals surface area contributed by atoms with Crippen LogP contribution in [0.15, 0.2) is 33.5 Å². The topological polar surface area (TPSA) is 132 Å². The smallest absolute Gasteiger partial charge is 0.336 e. The molecule has 5 atom stereocenters. The lowest BCUT2D eigenvalue weighted by atomic mass is 9.96. The maximum Gasteiger partial charge on any atom is 0.336 e. The van der Waals surface area contributed by atoms with E-state index in [0.717, 1.165) is 23.8 Å². The third kappa shape index (κ3) is 3.10. The number of rotatable bonds is 4. The second-order valence-corrected chi connectivity index (χ2v) is 6.90. The molecular formula is C18H21NO7. The Bertz CT molecular complexity index is 862. The summed E-state index contributed by atoms with van der Waals surface area (Å²) in [4.78, 5) is 11.8. The summed E-state index contributed by atoms with van der Waals surface area (Å²) in [5.74, 6) is 0.390. The van der Waals surface area contributed by atoms with Gasteiger partial charge in [0.25, 0.3) is 0 Å². The van der Waals surface area contributed by atoms with E-state index in [9.17, 15) is 20.1 Å². The lowest BCUT2D eigenvalue weighted by molar-refractivity contribution is -0.245. The highest BCUT2D eigenvalue weighted by Gasteiger charge is 2.43. The minimum absolute atomic E-state index is 0.390. The minimum Gasteiger partial charge on any atom is -0.423 e. The molecule has 3 unspecified atom stereocenters. The molecular weight excluding hydrogens is 342 g/mol. The van der Waals surface area contributed by atoms with Crippen molar-refractivity contribution in [3.05, 3.63) is 40.2 Å². The summed E-state index contributed by atoms with van der Waals surface area (Å²) >= 11 is 0. The number of benzene rings is 1. The molecule has 0 spiro atoms. The fraction of sp³-hybridized carbons (Fsp3) is 0.500. The van der Waals surface area contributed by atoms with Crippen LogP contribution in [0, 0.1) is 0 Å². The van der Waals surface area contributed by atoms with Gasteiger partial charge in [0.15, 0.2) is 6.29 Å². The SMILES string of the molecule is O=c1cc(C2CC2)c2ccc(NC3C(O)OC(CO)[C@H](O)[C@H]3O)cc2o1. The normalized spacial score (nSPS) is 31.9. The largest absolute Gasteiger partial charge is 0.423 e. The van der Waals surface area contributed by atoms with Crippen LogP contribution in [-0.4, -0.2) is 57.7 Å². The Morgan fingerprint density at radius 2 is 1.88 bits per heavy atom. The van der Waals surface area contributed by atoms with E-state index in [4.69, 9.17) is 14.3 Å². The van der Waals surface area contributed by atoms with Gasteiger partial charge in [-0.15, -0.1) is 0 Å². The predicted octanol–water partition coefficient (Wildman–Crippen LogP) is -0.118. The molecule has 1 aliphatic carbocycles. The van der Waals surface area contributed by atoms with E-state index in [1.807, 2.05) is 6.07 Å². The highest BCUT2D eigenvalue weighted by Crippen LogP contribution is 2.42. The highest BCUT2D eigenvalue weighted by molar-refractivity contribution is 5.84. The van der Waals surface area contributed by atoms with Gasteiger partial charge < -0.3 is 34.9 Å². The molecule has 1 aliphatic heterocycles. The van der Waals surface area contributed by atoms with Gasteiger partial charge in [-0.2, -0.15) is 0 Å². The first-order valence-corrected chi connectivity index (χ1v) is 8.63. The molecule has 26 heavy (non-hydrogen) atoms. The van der Waals surface area contributed by atoms with Gasteiger partial charge in [-0.25, -0.2) is 4.79 Å². The van der Waals surface area contributed by atoms with Gasteiger partial charge in [0, 0.05) is 23.2 Å². The van der Waals surface area contributed by atoms with Crippen molar-refractivity contribution in [3.63, 3.8) is 0 Å². The van der Waals surface area contributed by atoms with E-state index in [-0.39, 0.29) is 0 Å². The molecule has 1 saturated heterocycles. The quantitative estimate of drug-likeness (QED) is 0.475. The predicted molar refractivity (Wildman–Crippen MR) is 91.8 cm³/mol. The second-order valence-electron chi connectivity index (χ2n) is 6.90. The summed E-state index contributed by atoms with van der Waals surface area (Å²) < 4.78 is 10.4. The van der Waals surface area contributed by atoms with Crippen LogP contribution in [0.25, 0.3) is 11.0 Å². The van der Waals surface area contributed by atoms with Gasteiger partial charge in [0.2, 0.25) is 0 Å². The molecule has 2 aromatic rings. The zero-order valence-electron chi connectivity index (χ0n) is 13.9. The average Bonchev–Trinajstić information content (AvgIpc) is 3.45. The molecule has 4 rings (SSSR count). The third-order valence-corrected chi connectivity index (χ3v) is 5.03. The Balaban J connectivity index is 1.62. The van der Waals surface area contributed by atoms with Crippen LogP contribution in [0.2, 0.25) is 0 Å². The van der Waals surface area contributed by atoms with Crippen LogP contribution < -0.4 is 10.9 Å². The van der Waals surface area contributed by atoms with Gasteiger partial charge in [0.05, 0.1) is 6.61 Å². The third-order valence-electron chi connectivity index (χ3n) is 5.03. The first kappa shape index (κ1) is 17.4. The van der Waals surface area contributed by atoms with E-state index >= 15 is 0 Å². The lowest BCUT2D eigenvalue weighted by Gasteiger charge is -2.40. The van der Waals surface area contributed by atoms with Crippen LogP contribution in [0.5, 0.6) is 0 Å². The molecule has 0 bridgehead atoms. The van der Waals surface area contributed by atoms with E-state index in [2.05, 4.69) is 5.32 Å². The second kappa shape index (κ2) is 6.64. The summed E-state index contributed by atoms with van der Waals surface area (Å²) in [6, 6.07) is 5.71. The number of nitrogens with one attached hydrogen (secondary N) is 1. The molecule has 1 saturated carbocycles. The lowest BCUT2D eigenvalue weighted by Crippen LogP contribution is -2.61. The molecule has 1 aromatic heterocycles. The molecule has 2 fully saturated rings. The monoisotopic (exact) mass is 363 g/mol. The van der Waals surface area contributed by atoms with Gasteiger partial charge in [-0.3, -0.25) is 0 Å². The van der Waals surface area contributed by atoms with E-state index in [0.29, 0.717) is 17.2 Å². The van der Waals surface area contributed by atoms with Crippen molar-refractivity contribution >= 4 is 16.7 Å². The fourth-order valence-electron chi connectivity index (χ4n) is 3.46. The van der Waals surface area contributed by atoms with Gasteiger partial charge >= 0.3 is 5.63 Å². The molecule has 0 amide bonds. The molecule has 2 aliphatic rings. The van der Waals surface area contributed by atoms with Crippen molar-refractivity contribution in [2.45, 2.75) is 49.4 Å². The first-order chi connectivity index (χ1) is 12.5. The van der Waals surface area contributed by atoms with Crippen molar-refractivity contribution in [2.24, 2.45) is 0 Å². The number of aliphatic hydroxyl groups is 4. The summed E-state index contributed by atoms with van der Waals surface area (Å²) in [7, 11) is 0. The summed E-state index contributed by atoms with van der Waals surface area (Å²) in [5.41, 5.74) is 1.47. The van der Waals surface area contributed by atoms with Crippen LogP contribution in [0.4, 0.5) is 5.69 Å². The van der Waals surface area contributed by atoms with Gasteiger partial charge in [0.1, 0.15) is 29.9 Å². The molecule has 8 nitrogen and oxygen atoms in total. The number of hydrogen-bond acceptors (Lipinski definition) is 8. The molecule has 8 heteroatoms. The number of aliphatic hydroxyl groups excluding tert-OH is 4. The van der Waals surface area contributed by atoms with Gasteiger partial charge in [-0.1, -0.05) is 0 Å². The van der Waals surface area contributed by atoms with E-state index in [1.165, 1.54) is 6.07 Å². The van der Waals surface area contributed by atoms with Crippen LogP contribution in [0.1, 0.15) is 24.3 Å². The Labute approximate surface area is 148 Å². The summed E-state index contributed by atoms with van der Waals surface area (Å²) in [6.45, 7) is -0.521. The maximum atomic E-state index is 11.8. The summed E-state index contributed by atoms with van der Waals surface area (Å²) in [5, 5.41) is 43.1. The van der Waals surface area contributed by atoms with Crippen molar-refractivity contribution in [2.75, 3.05) is 11.9 Å². The van der Waals surface area contributed by atoms with Gasteiger partial charge in [-0.05, 0) is 36.5 Å². The van der Waals surface area contributed by atoms with E-state index < -0.39 is 42.9 Å². The molecule has 140 valence electrons. The van der Waals surface area contributed by atoms with Crippen molar-refractivity contribution < 1.29 is 29.6 Å². The van der Waals surface area contributed by atoms with Crippen molar-refractivity contribution in [3.8, 4) is 0 Å². The first-order valence-electron chi connectivity index (χ1n) is 8.63. The number of ether oxygens (including phenoxy) is 1. The number of hydrogen-bond donors (Lipinski definition) is 5. The van der Waals surface area contributed by atoms with Crippen LogP contribution >= 0.6 is 0 Å². The number of fused-ring (bicyclic) bond motifs is 1. The Hall–Kier alpha value is -1.97. The fourth-order valence-corrected chi connectivity index (χ4v) is 3.46. The summed E-state index contributed by atoms with van der Waals surface area (Å²) in [6.07, 6.45) is -3.07. The minimum atomic E-state index is -1.42. The van der Waals surface area contributed by atoms with Crippen LogP contribution in [-0.2, 0) is 4.74 Å². The zero-order valence-corrected chi connectivity index (χ0v) is 13.9. The Kier molecular flexibility index (Phi) is 4.45. The Morgan fingerprint density at radius 1 is 1.12 bits per heavy atom. The van der Waals surface area contributed by atoms with E-state index in [1.54, 1.807) is 12.1 Å². The molecule has 5 N–H and O–H groups in total. The highest BCUT2D eigenvalue weighted by atomic mass is 16.6. The van der Waals surface area contributed by atoms with Crippen LogP contribution in [0.3, 0.4) is 0 Å². The Morgan fingerprint density at radius 3 is 2.58 bits per heavy atom. The molecule has 2 heterocycles. The average molecular weight is 363 g/mol. The van der Waals surface area contributed by atoms with Crippen molar-refractivity contribution in [1.82, 2.24) is 0 Å². The van der Waals surface area contributed by atoms with Crippen molar-refractivity contribution in [1.29, 1.82) is 0 Å².